The van der Waals surface area contributed by atoms with Crippen LogP contribution in [0.15, 0.2) is 48.5 Å². The molecule has 2 aromatic carbocycles. The van der Waals surface area contributed by atoms with Gasteiger partial charge < -0.3 is 25.6 Å². The zero-order valence-electron chi connectivity index (χ0n) is 20.6. The number of benzene rings is 2. The average molecular weight is 457 g/mol. The highest BCUT2D eigenvalue weighted by Crippen LogP contribution is 2.29. The number of aliphatic hydroxyl groups is 2. The molecule has 6 nitrogen and oxygen atoms in total. The van der Waals surface area contributed by atoms with Gasteiger partial charge in [-0.1, -0.05) is 42.5 Å². The quantitative estimate of drug-likeness (QED) is 0.485. The number of ketones is 1. The standard InChI is InChI=1S/C17H25NO3.C10H15NO/c1-17(2,3)18-10-12(19)11-21-16-9-5-6-13-14(16)7-4-8-15(13)20;1-8(11-2)10(12)9-6-4-3-5-7-9/h5-6,9,12,18-19H,4,7-8,10-11H2,1-3H3;3-8,10-12H,1-2H3/t12-;8-,10+/m00/s1. The van der Waals surface area contributed by atoms with E-state index in [0.717, 1.165) is 35.3 Å². The summed E-state index contributed by atoms with van der Waals surface area (Å²) in [6, 6.07) is 15.3. The Bertz CT molecular complexity index is 864. The van der Waals surface area contributed by atoms with Crippen molar-refractivity contribution in [3.8, 4) is 5.75 Å². The summed E-state index contributed by atoms with van der Waals surface area (Å²) in [6.45, 7) is 8.84. The van der Waals surface area contributed by atoms with Crippen molar-refractivity contribution in [2.45, 2.75) is 70.7 Å². The van der Waals surface area contributed by atoms with Crippen molar-refractivity contribution in [3.05, 3.63) is 65.2 Å². The minimum absolute atomic E-state index is 0.0285. The molecule has 0 saturated carbocycles. The van der Waals surface area contributed by atoms with E-state index in [1.165, 1.54) is 0 Å². The Hall–Kier alpha value is -2.25. The molecule has 0 radical (unpaired) electrons. The molecule has 2 aromatic rings. The van der Waals surface area contributed by atoms with E-state index in [9.17, 15) is 15.0 Å². The molecule has 0 bridgehead atoms. The van der Waals surface area contributed by atoms with Gasteiger partial charge in [-0.2, -0.15) is 0 Å². The predicted molar refractivity (Wildman–Crippen MR) is 133 cm³/mol. The molecule has 0 spiro atoms. The van der Waals surface area contributed by atoms with Gasteiger partial charge in [-0.3, -0.25) is 4.79 Å². The highest BCUT2D eigenvalue weighted by molar-refractivity contribution is 5.99. The van der Waals surface area contributed by atoms with Crippen molar-refractivity contribution in [1.29, 1.82) is 0 Å². The van der Waals surface area contributed by atoms with Gasteiger partial charge in [-0.05, 0) is 59.2 Å². The number of likely N-dealkylation sites (N-methyl/N-ethyl adjacent to an activating group) is 1. The van der Waals surface area contributed by atoms with Gasteiger partial charge in [0.05, 0.1) is 6.10 Å². The third-order valence-electron chi connectivity index (χ3n) is 5.63. The topological polar surface area (TPSA) is 90.8 Å². The third kappa shape index (κ3) is 8.89. The lowest BCUT2D eigenvalue weighted by atomic mass is 9.90. The largest absolute Gasteiger partial charge is 0.491 e. The number of carbonyl (C=O) groups is 1. The molecular weight excluding hydrogens is 416 g/mol. The normalized spacial score (nSPS) is 16.2. The van der Waals surface area contributed by atoms with Crippen LogP contribution in [0.1, 0.15) is 68.1 Å². The van der Waals surface area contributed by atoms with Crippen LogP contribution in [0, 0.1) is 0 Å². The van der Waals surface area contributed by atoms with Crippen molar-refractivity contribution in [1.82, 2.24) is 10.6 Å². The number of aliphatic hydroxyl groups excluding tert-OH is 2. The smallest absolute Gasteiger partial charge is 0.163 e. The molecule has 0 fully saturated rings. The molecule has 3 atom stereocenters. The Morgan fingerprint density at radius 2 is 1.73 bits per heavy atom. The Kier molecular flexibility index (Phi) is 10.5. The van der Waals surface area contributed by atoms with E-state index in [2.05, 4.69) is 31.4 Å². The van der Waals surface area contributed by atoms with Gasteiger partial charge >= 0.3 is 0 Å². The maximum atomic E-state index is 11.9. The van der Waals surface area contributed by atoms with Crippen LogP contribution in [0.25, 0.3) is 0 Å². The summed E-state index contributed by atoms with van der Waals surface area (Å²) >= 11 is 0. The fourth-order valence-electron chi connectivity index (χ4n) is 3.55. The molecule has 3 rings (SSSR count). The number of rotatable bonds is 8. The maximum Gasteiger partial charge on any atom is 0.163 e. The Morgan fingerprint density at radius 3 is 2.36 bits per heavy atom. The first kappa shape index (κ1) is 27.0. The highest BCUT2D eigenvalue weighted by Gasteiger charge is 2.21. The van der Waals surface area contributed by atoms with Gasteiger partial charge in [0, 0.05) is 35.7 Å². The number of ether oxygens (including phenoxy) is 1. The predicted octanol–water partition coefficient (Wildman–Crippen LogP) is 3.66. The molecule has 4 N–H and O–H groups in total. The van der Waals surface area contributed by atoms with Gasteiger partial charge in [0.15, 0.2) is 5.78 Å². The van der Waals surface area contributed by atoms with Crippen molar-refractivity contribution >= 4 is 5.78 Å². The first-order valence-corrected chi connectivity index (χ1v) is 11.7. The number of carbonyl (C=O) groups excluding carboxylic acids is 1. The zero-order valence-corrected chi connectivity index (χ0v) is 20.6. The first-order chi connectivity index (χ1) is 15.6. The SMILES string of the molecule is CC(C)(C)NC[C@H](O)COc1cccc2c1CCCC2=O.CN[C@@H](C)[C@@H](O)c1ccccc1. The van der Waals surface area contributed by atoms with E-state index in [-0.39, 0.29) is 24.0 Å². The van der Waals surface area contributed by atoms with Crippen LogP contribution in [0.2, 0.25) is 0 Å². The van der Waals surface area contributed by atoms with Crippen molar-refractivity contribution in [2.75, 3.05) is 20.2 Å². The van der Waals surface area contributed by atoms with Crippen LogP contribution in [0.3, 0.4) is 0 Å². The molecule has 0 aromatic heterocycles. The van der Waals surface area contributed by atoms with Crippen LogP contribution in [-0.4, -0.2) is 53.9 Å². The molecule has 0 saturated heterocycles. The van der Waals surface area contributed by atoms with E-state index in [4.69, 9.17) is 4.74 Å². The number of hydrogen-bond donors (Lipinski definition) is 4. The molecule has 0 unspecified atom stereocenters. The van der Waals surface area contributed by atoms with Gasteiger partial charge in [0.1, 0.15) is 18.5 Å². The third-order valence-corrected chi connectivity index (χ3v) is 5.63. The van der Waals surface area contributed by atoms with Gasteiger partial charge in [-0.15, -0.1) is 0 Å². The van der Waals surface area contributed by atoms with E-state index < -0.39 is 12.2 Å². The summed E-state index contributed by atoms with van der Waals surface area (Å²) in [6.07, 6.45) is 1.37. The van der Waals surface area contributed by atoms with Crippen LogP contribution >= 0.6 is 0 Å². The minimum Gasteiger partial charge on any atom is -0.491 e. The lowest BCUT2D eigenvalue weighted by Crippen LogP contribution is -2.42. The maximum absolute atomic E-state index is 11.9. The summed E-state index contributed by atoms with van der Waals surface area (Å²) in [5, 5.41) is 26.0. The molecule has 0 aliphatic heterocycles. The Balaban J connectivity index is 0.000000273. The summed E-state index contributed by atoms with van der Waals surface area (Å²) in [7, 11) is 1.84. The second-order valence-corrected chi connectivity index (χ2v) is 9.59. The molecule has 1 aliphatic carbocycles. The zero-order chi connectivity index (χ0) is 24.4. The number of hydrogen-bond acceptors (Lipinski definition) is 6. The Morgan fingerprint density at radius 1 is 1.03 bits per heavy atom. The first-order valence-electron chi connectivity index (χ1n) is 11.7. The molecule has 182 valence electrons. The number of nitrogens with one attached hydrogen (secondary N) is 2. The molecule has 0 amide bonds. The second kappa shape index (κ2) is 12.8. The summed E-state index contributed by atoms with van der Waals surface area (Å²) in [5.74, 6) is 0.923. The second-order valence-electron chi connectivity index (χ2n) is 9.59. The number of fused-ring (bicyclic) bond motifs is 1. The van der Waals surface area contributed by atoms with E-state index >= 15 is 0 Å². The Labute approximate surface area is 198 Å². The van der Waals surface area contributed by atoms with E-state index in [0.29, 0.717) is 13.0 Å². The highest BCUT2D eigenvalue weighted by atomic mass is 16.5. The van der Waals surface area contributed by atoms with Crippen molar-refractivity contribution < 1.29 is 19.7 Å². The summed E-state index contributed by atoms with van der Waals surface area (Å²) in [4.78, 5) is 11.9. The average Bonchev–Trinajstić information content (AvgIpc) is 2.81. The molecule has 1 aliphatic rings. The fraction of sp³-hybridized carbons (Fsp3) is 0.519. The van der Waals surface area contributed by atoms with E-state index in [1.54, 1.807) is 0 Å². The lowest BCUT2D eigenvalue weighted by Gasteiger charge is -2.24. The van der Waals surface area contributed by atoms with Gasteiger partial charge in [0.25, 0.3) is 0 Å². The fourth-order valence-corrected chi connectivity index (χ4v) is 3.55. The van der Waals surface area contributed by atoms with Crippen LogP contribution in [-0.2, 0) is 6.42 Å². The lowest BCUT2D eigenvalue weighted by molar-refractivity contribution is 0.0957. The molecule has 0 heterocycles. The van der Waals surface area contributed by atoms with Crippen LogP contribution in [0.5, 0.6) is 5.75 Å². The van der Waals surface area contributed by atoms with E-state index in [1.807, 2.05) is 62.5 Å². The number of β-amino-alcohol motifs (C(OH)–C–C–N with tert-alkyl or cyclic N) is 1. The van der Waals surface area contributed by atoms with Crippen molar-refractivity contribution in [2.24, 2.45) is 0 Å². The van der Waals surface area contributed by atoms with Crippen molar-refractivity contribution in [3.63, 3.8) is 0 Å². The summed E-state index contributed by atoms with van der Waals surface area (Å²) < 4.78 is 5.74. The molecule has 33 heavy (non-hydrogen) atoms. The van der Waals surface area contributed by atoms with Crippen LogP contribution < -0.4 is 15.4 Å². The molecule has 6 heteroatoms. The number of Topliss-reactive ketones (excluding diaryl/α,β-unsaturated/α-hetero) is 1. The summed E-state index contributed by atoms with van der Waals surface area (Å²) in [5.41, 5.74) is 2.70. The minimum atomic E-state index is -0.570. The molecular formula is C27H40N2O4. The van der Waals surface area contributed by atoms with Gasteiger partial charge in [0.2, 0.25) is 0 Å². The monoisotopic (exact) mass is 456 g/mol. The van der Waals surface area contributed by atoms with Crippen LogP contribution in [0.4, 0.5) is 0 Å². The van der Waals surface area contributed by atoms with Gasteiger partial charge in [-0.25, -0.2) is 0 Å².